The highest BCUT2D eigenvalue weighted by Gasteiger charge is 2.18. The molecule has 0 unspecified atom stereocenters. The molecule has 0 spiro atoms. The monoisotopic (exact) mass is 428 g/mol. The number of carbonyl (C=O) groups excluding carboxylic acids is 1. The van der Waals surface area contributed by atoms with E-state index in [4.69, 9.17) is 0 Å². The Morgan fingerprint density at radius 2 is 1.80 bits per heavy atom. The molecule has 2 aromatic rings. The normalized spacial score (nSPS) is 18.7. The molecular weight excluding hydrogens is 396 g/mol. The number of hydrogen-bond acceptors (Lipinski definition) is 4. The van der Waals surface area contributed by atoms with Gasteiger partial charge in [-0.25, -0.2) is 8.42 Å². The van der Waals surface area contributed by atoms with Crippen molar-refractivity contribution in [3.8, 4) is 0 Å². The summed E-state index contributed by atoms with van der Waals surface area (Å²) < 4.78 is 23.3. The van der Waals surface area contributed by atoms with Crippen molar-refractivity contribution in [2.24, 2.45) is 5.92 Å². The molecule has 5 nitrogen and oxygen atoms in total. The zero-order valence-electron chi connectivity index (χ0n) is 18.1. The lowest BCUT2D eigenvalue weighted by molar-refractivity contribution is 0.0935. The predicted molar refractivity (Wildman–Crippen MR) is 120 cm³/mol. The van der Waals surface area contributed by atoms with Crippen LogP contribution in [0, 0.1) is 5.92 Å². The van der Waals surface area contributed by atoms with Gasteiger partial charge in [-0.1, -0.05) is 38.1 Å². The third-order valence-electron chi connectivity index (χ3n) is 5.79. The van der Waals surface area contributed by atoms with Gasteiger partial charge in [0.2, 0.25) is 0 Å². The van der Waals surface area contributed by atoms with Crippen LogP contribution in [0.2, 0.25) is 0 Å². The van der Waals surface area contributed by atoms with E-state index in [2.05, 4.69) is 17.1 Å². The van der Waals surface area contributed by atoms with Gasteiger partial charge < -0.3 is 5.32 Å². The molecule has 2 aromatic carbocycles. The minimum atomic E-state index is -3.23. The van der Waals surface area contributed by atoms with Crippen molar-refractivity contribution in [2.75, 3.05) is 19.3 Å². The van der Waals surface area contributed by atoms with Crippen LogP contribution < -0.4 is 5.32 Å². The van der Waals surface area contributed by atoms with Crippen LogP contribution in [0.25, 0.3) is 0 Å². The Hall–Kier alpha value is -2.18. The number of likely N-dealkylation sites (tertiary alicyclic amines) is 1. The van der Waals surface area contributed by atoms with Crippen molar-refractivity contribution in [2.45, 2.75) is 50.6 Å². The predicted octanol–water partition coefficient (Wildman–Crippen LogP) is 4.20. The van der Waals surface area contributed by atoms with E-state index in [0.717, 1.165) is 37.5 Å². The summed E-state index contributed by atoms with van der Waals surface area (Å²) in [5.74, 6) is 0.633. The highest BCUT2D eigenvalue weighted by Crippen LogP contribution is 2.21. The van der Waals surface area contributed by atoms with E-state index in [1.165, 1.54) is 24.7 Å². The number of carbonyl (C=O) groups is 1. The van der Waals surface area contributed by atoms with E-state index >= 15 is 0 Å². The molecule has 0 aromatic heterocycles. The standard InChI is InChI=1S/C24H32N2O3S/c1-4-23(20-11-13-22(14-12-20)30(3,28)29)25-24(27)21-9-7-19(8-10-21)17-26-15-5-6-18(2)16-26/h7-14,18,23H,4-6,15-17H2,1-3H3,(H,25,27)/t18-,23-/m1/s1. The molecule has 2 atom stereocenters. The van der Waals surface area contributed by atoms with E-state index < -0.39 is 9.84 Å². The first kappa shape index (κ1) is 22.5. The van der Waals surface area contributed by atoms with Crippen molar-refractivity contribution in [1.29, 1.82) is 0 Å². The van der Waals surface area contributed by atoms with Gasteiger partial charge in [-0.15, -0.1) is 0 Å². The van der Waals surface area contributed by atoms with Crippen LogP contribution in [-0.2, 0) is 16.4 Å². The van der Waals surface area contributed by atoms with Gasteiger partial charge in [0.1, 0.15) is 0 Å². The summed E-state index contributed by atoms with van der Waals surface area (Å²) in [6, 6.07) is 14.4. The minimum absolute atomic E-state index is 0.118. The Labute approximate surface area is 180 Å². The van der Waals surface area contributed by atoms with Gasteiger partial charge in [-0.3, -0.25) is 9.69 Å². The smallest absolute Gasteiger partial charge is 0.251 e. The molecule has 3 rings (SSSR count). The van der Waals surface area contributed by atoms with Crippen LogP contribution in [0.5, 0.6) is 0 Å². The lowest BCUT2D eigenvalue weighted by atomic mass is 9.99. The van der Waals surface area contributed by atoms with Crippen LogP contribution in [0.3, 0.4) is 0 Å². The van der Waals surface area contributed by atoms with Crippen LogP contribution in [0.4, 0.5) is 0 Å². The molecule has 1 N–H and O–H groups in total. The van der Waals surface area contributed by atoms with Gasteiger partial charge >= 0.3 is 0 Å². The second kappa shape index (κ2) is 9.75. The largest absolute Gasteiger partial charge is 0.345 e. The molecule has 0 aliphatic carbocycles. The Morgan fingerprint density at radius 3 is 2.37 bits per heavy atom. The first-order chi connectivity index (χ1) is 14.3. The fraction of sp³-hybridized carbons (Fsp3) is 0.458. The topological polar surface area (TPSA) is 66.5 Å². The SMILES string of the molecule is CC[C@@H](NC(=O)c1ccc(CN2CCC[C@@H](C)C2)cc1)c1ccc(S(C)(=O)=O)cc1. The number of amides is 1. The molecular formula is C24H32N2O3S. The fourth-order valence-electron chi connectivity index (χ4n) is 4.06. The fourth-order valence-corrected chi connectivity index (χ4v) is 4.69. The van der Waals surface area contributed by atoms with Gasteiger partial charge in [-0.2, -0.15) is 0 Å². The van der Waals surface area contributed by atoms with Crippen molar-refractivity contribution >= 4 is 15.7 Å². The lowest BCUT2D eigenvalue weighted by Gasteiger charge is -2.30. The minimum Gasteiger partial charge on any atom is -0.345 e. The molecule has 162 valence electrons. The van der Waals surface area contributed by atoms with Crippen LogP contribution in [-0.4, -0.2) is 38.6 Å². The summed E-state index contributed by atoms with van der Waals surface area (Å²) >= 11 is 0. The third-order valence-corrected chi connectivity index (χ3v) is 6.92. The number of sulfone groups is 1. The molecule has 1 fully saturated rings. The highest BCUT2D eigenvalue weighted by molar-refractivity contribution is 7.90. The third kappa shape index (κ3) is 5.92. The highest BCUT2D eigenvalue weighted by atomic mass is 32.2. The van der Waals surface area contributed by atoms with Crippen LogP contribution >= 0.6 is 0 Å². The number of nitrogens with one attached hydrogen (secondary N) is 1. The number of benzene rings is 2. The lowest BCUT2D eigenvalue weighted by Crippen LogP contribution is -2.33. The summed E-state index contributed by atoms with van der Waals surface area (Å²) in [5.41, 5.74) is 2.76. The van der Waals surface area contributed by atoms with E-state index in [1.807, 2.05) is 31.2 Å². The number of rotatable bonds is 7. The number of hydrogen-bond donors (Lipinski definition) is 1. The maximum atomic E-state index is 12.7. The van der Waals surface area contributed by atoms with Gasteiger partial charge in [0.15, 0.2) is 9.84 Å². The van der Waals surface area contributed by atoms with Crippen molar-refractivity contribution in [3.05, 3.63) is 65.2 Å². The molecule has 1 amide bonds. The molecule has 30 heavy (non-hydrogen) atoms. The zero-order valence-corrected chi connectivity index (χ0v) is 18.9. The van der Waals surface area contributed by atoms with Gasteiger partial charge in [-0.05, 0) is 67.1 Å². The van der Waals surface area contributed by atoms with Crippen LogP contribution in [0.15, 0.2) is 53.4 Å². The summed E-state index contributed by atoms with van der Waals surface area (Å²) in [6.07, 6.45) is 4.47. The Morgan fingerprint density at radius 1 is 1.13 bits per heavy atom. The zero-order chi connectivity index (χ0) is 21.7. The van der Waals surface area contributed by atoms with E-state index in [9.17, 15) is 13.2 Å². The van der Waals surface area contributed by atoms with E-state index in [-0.39, 0.29) is 16.8 Å². The van der Waals surface area contributed by atoms with Crippen LogP contribution in [0.1, 0.15) is 60.6 Å². The second-order valence-electron chi connectivity index (χ2n) is 8.45. The molecule has 1 saturated heterocycles. The molecule has 6 heteroatoms. The summed E-state index contributed by atoms with van der Waals surface area (Å²) in [6.45, 7) is 7.51. The first-order valence-corrected chi connectivity index (χ1v) is 12.6. The summed E-state index contributed by atoms with van der Waals surface area (Å²) in [7, 11) is -3.23. The Bertz CT molecular complexity index is 953. The van der Waals surface area contributed by atoms with Gasteiger partial charge in [0.05, 0.1) is 10.9 Å². The van der Waals surface area contributed by atoms with Crippen molar-refractivity contribution in [1.82, 2.24) is 10.2 Å². The average Bonchev–Trinajstić information content (AvgIpc) is 2.72. The van der Waals surface area contributed by atoms with Gasteiger partial charge in [0.25, 0.3) is 5.91 Å². The molecule has 1 aliphatic heterocycles. The number of nitrogens with zero attached hydrogens (tertiary/aromatic N) is 1. The quantitative estimate of drug-likeness (QED) is 0.718. The molecule has 0 bridgehead atoms. The Balaban J connectivity index is 1.62. The molecule has 1 aliphatic rings. The van der Waals surface area contributed by atoms with E-state index in [0.29, 0.717) is 5.56 Å². The van der Waals surface area contributed by atoms with Crippen molar-refractivity contribution in [3.63, 3.8) is 0 Å². The maximum absolute atomic E-state index is 12.7. The van der Waals surface area contributed by atoms with E-state index in [1.54, 1.807) is 24.3 Å². The first-order valence-electron chi connectivity index (χ1n) is 10.7. The summed E-state index contributed by atoms with van der Waals surface area (Å²) in [4.78, 5) is 15.5. The molecule has 1 heterocycles. The second-order valence-corrected chi connectivity index (χ2v) is 10.5. The van der Waals surface area contributed by atoms with Gasteiger partial charge in [0, 0.05) is 24.9 Å². The molecule has 0 radical (unpaired) electrons. The summed E-state index contributed by atoms with van der Waals surface area (Å²) in [5, 5.41) is 3.07. The van der Waals surface area contributed by atoms with Crippen molar-refractivity contribution < 1.29 is 13.2 Å². The Kier molecular flexibility index (Phi) is 7.32. The number of piperidine rings is 1. The average molecular weight is 429 g/mol. The maximum Gasteiger partial charge on any atom is 0.251 e. The molecule has 0 saturated carbocycles.